The number of nitrogens with zero attached hydrogens (tertiary/aromatic N) is 3. The van der Waals surface area contributed by atoms with Crippen LogP contribution in [0.4, 0.5) is 15.9 Å². The van der Waals surface area contributed by atoms with Crippen LogP contribution in [0.1, 0.15) is 0 Å². The van der Waals surface area contributed by atoms with Crippen molar-refractivity contribution in [3.63, 3.8) is 0 Å². The molecule has 96 valence electrons. The molecule has 7 heteroatoms. The van der Waals surface area contributed by atoms with Crippen LogP contribution in [0.2, 0.25) is 10.2 Å². The largest absolute Gasteiger partial charge is 0.340 e. The van der Waals surface area contributed by atoms with Gasteiger partial charge < -0.3 is 5.32 Å². The molecule has 0 saturated carbocycles. The van der Waals surface area contributed by atoms with E-state index in [9.17, 15) is 4.39 Å². The van der Waals surface area contributed by atoms with E-state index in [0.717, 1.165) is 0 Å². The van der Waals surface area contributed by atoms with Gasteiger partial charge in [0.2, 0.25) is 0 Å². The molecule has 0 aliphatic carbocycles. The fourth-order valence-electron chi connectivity index (χ4n) is 1.71. The third-order valence-electron chi connectivity index (χ3n) is 2.49. The molecule has 1 aromatic carbocycles. The standard InChI is InChI=1S/C12H7Cl2FN4/c13-9-6-16-19-11(5-10(14)18-12(9)19)17-8-3-1-2-7(15)4-8/h1-6,17H. The molecule has 0 atom stereocenters. The molecule has 3 aromatic rings. The maximum absolute atomic E-state index is 13.1. The molecule has 2 aromatic heterocycles. The van der Waals surface area contributed by atoms with Crippen molar-refractivity contribution in [2.45, 2.75) is 0 Å². The first-order valence-corrected chi connectivity index (χ1v) is 6.11. The summed E-state index contributed by atoms with van der Waals surface area (Å²) >= 11 is 11.9. The van der Waals surface area contributed by atoms with Crippen molar-refractivity contribution in [3.05, 3.63) is 52.5 Å². The van der Waals surface area contributed by atoms with Crippen LogP contribution in [-0.2, 0) is 0 Å². The van der Waals surface area contributed by atoms with Crippen molar-refractivity contribution < 1.29 is 4.39 Å². The van der Waals surface area contributed by atoms with Crippen molar-refractivity contribution in [1.29, 1.82) is 0 Å². The molecule has 0 radical (unpaired) electrons. The van der Waals surface area contributed by atoms with E-state index in [1.54, 1.807) is 18.2 Å². The van der Waals surface area contributed by atoms with Crippen molar-refractivity contribution in [2.75, 3.05) is 5.32 Å². The average Bonchev–Trinajstić information content (AvgIpc) is 2.71. The Balaban J connectivity index is 2.10. The summed E-state index contributed by atoms with van der Waals surface area (Å²) in [5.41, 5.74) is 1.02. The minimum Gasteiger partial charge on any atom is -0.340 e. The Labute approximate surface area is 117 Å². The van der Waals surface area contributed by atoms with Gasteiger partial charge in [0.1, 0.15) is 21.8 Å². The topological polar surface area (TPSA) is 42.2 Å². The number of nitrogens with one attached hydrogen (secondary N) is 1. The van der Waals surface area contributed by atoms with Crippen LogP contribution in [0.25, 0.3) is 5.65 Å². The first-order valence-electron chi connectivity index (χ1n) is 5.36. The molecule has 0 bridgehead atoms. The second-order valence-electron chi connectivity index (χ2n) is 3.83. The molecule has 0 saturated heterocycles. The molecule has 1 N–H and O–H groups in total. The van der Waals surface area contributed by atoms with Gasteiger partial charge >= 0.3 is 0 Å². The van der Waals surface area contributed by atoms with Gasteiger partial charge in [-0.15, -0.1) is 0 Å². The summed E-state index contributed by atoms with van der Waals surface area (Å²) in [4.78, 5) is 4.07. The highest BCUT2D eigenvalue weighted by Gasteiger charge is 2.09. The molecule has 0 aliphatic heterocycles. The van der Waals surface area contributed by atoms with Crippen LogP contribution in [-0.4, -0.2) is 14.6 Å². The molecule has 0 aliphatic rings. The van der Waals surface area contributed by atoms with Gasteiger partial charge in [-0.3, -0.25) is 0 Å². The van der Waals surface area contributed by atoms with E-state index in [1.807, 2.05) is 0 Å². The summed E-state index contributed by atoms with van der Waals surface area (Å²) in [6.07, 6.45) is 1.47. The highest BCUT2D eigenvalue weighted by Crippen LogP contribution is 2.24. The number of hydrogen-bond acceptors (Lipinski definition) is 3. The summed E-state index contributed by atoms with van der Waals surface area (Å²) in [5.74, 6) is 0.215. The van der Waals surface area contributed by atoms with E-state index < -0.39 is 0 Å². The predicted octanol–water partition coefficient (Wildman–Crippen LogP) is 3.92. The van der Waals surface area contributed by atoms with Gasteiger partial charge in [-0.25, -0.2) is 9.37 Å². The lowest BCUT2D eigenvalue weighted by atomic mass is 10.3. The van der Waals surface area contributed by atoms with Gasteiger partial charge in [0.25, 0.3) is 0 Å². The zero-order valence-electron chi connectivity index (χ0n) is 9.44. The Hall–Kier alpha value is -1.85. The molecule has 19 heavy (non-hydrogen) atoms. The number of hydrogen-bond donors (Lipinski definition) is 1. The second-order valence-corrected chi connectivity index (χ2v) is 4.62. The molecule has 0 fully saturated rings. The summed E-state index contributed by atoms with van der Waals surface area (Å²) in [5, 5.41) is 7.77. The van der Waals surface area contributed by atoms with E-state index in [-0.39, 0.29) is 11.0 Å². The molecule has 0 unspecified atom stereocenters. The zero-order valence-corrected chi connectivity index (χ0v) is 11.0. The lowest BCUT2D eigenvalue weighted by molar-refractivity contribution is 0.628. The third kappa shape index (κ3) is 2.34. The van der Waals surface area contributed by atoms with Crippen molar-refractivity contribution >= 4 is 40.4 Å². The Kier molecular flexibility index (Phi) is 3.00. The van der Waals surface area contributed by atoms with Crippen molar-refractivity contribution in [3.8, 4) is 0 Å². The van der Waals surface area contributed by atoms with Crippen LogP contribution in [0.3, 0.4) is 0 Å². The minimum atomic E-state index is -0.333. The summed E-state index contributed by atoms with van der Waals surface area (Å²) in [6, 6.07) is 7.65. The number of fused-ring (bicyclic) bond motifs is 1. The van der Waals surface area contributed by atoms with Crippen LogP contribution in [0.15, 0.2) is 36.5 Å². The third-order valence-corrected chi connectivity index (χ3v) is 2.95. The molecule has 4 nitrogen and oxygen atoms in total. The lowest BCUT2D eigenvalue weighted by Crippen LogP contribution is -2.01. The maximum Gasteiger partial charge on any atom is 0.177 e. The monoisotopic (exact) mass is 296 g/mol. The van der Waals surface area contributed by atoms with Crippen LogP contribution in [0, 0.1) is 5.82 Å². The van der Waals surface area contributed by atoms with Gasteiger partial charge in [0, 0.05) is 11.8 Å². The van der Waals surface area contributed by atoms with Gasteiger partial charge in [0.05, 0.1) is 6.20 Å². The predicted molar refractivity (Wildman–Crippen MR) is 72.7 cm³/mol. The molecule has 0 amide bonds. The van der Waals surface area contributed by atoms with Gasteiger partial charge in [-0.05, 0) is 18.2 Å². The summed E-state index contributed by atoms with van der Waals surface area (Å²) in [7, 11) is 0. The molecule has 3 rings (SSSR count). The summed E-state index contributed by atoms with van der Waals surface area (Å²) in [6.45, 7) is 0. The van der Waals surface area contributed by atoms with E-state index in [0.29, 0.717) is 22.2 Å². The van der Waals surface area contributed by atoms with E-state index >= 15 is 0 Å². The lowest BCUT2D eigenvalue weighted by Gasteiger charge is -2.08. The SMILES string of the molecule is Fc1cccc(Nc2cc(Cl)nc3c(Cl)cnn23)c1. The van der Waals surface area contributed by atoms with Crippen LogP contribution >= 0.6 is 23.2 Å². The quantitative estimate of drug-likeness (QED) is 0.729. The van der Waals surface area contributed by atoms with Crippen LogP contribution in [0.5, 0.6) is 0 Å². The number of rotatable bonds is 2. The Bertz CT molecular complexity index is 757. The first kappa shape index (κ1) is 12.2. The fourth-order valence-corrected chi connectivity index (χ4v) is 2.06. The Morgan fingerprint density at radius 1 is 1.21 bits per heavy atom. The first-order chi connectivity index (χ1) is 9.13. The normalized spacial score (nSPS) is 10.9. The van der Waals surface area contributed by atoms with Gasteiger partial charge in [-0.1, -0.05) is 29.3 Å². The zero-order chi connectivity index (χ0) is 13.4. The number of benzene rings is 1. The van der Waals surface area contributed by atoms with Gasteiger partial charge in [-0.2, -0.15) is 9.61 Å². The van der Waals surface area contributed by atoms with Crippen LogP contribution < -0.4 is 5.32 Å². The smallest absolute Gasteiger partial charge is 0.177 e. The Morgan fingerprint density at radius 3 is 2.84 bits per heavy atom. The average molecular weight is 297 g/mol. The Morgan fingerprint density at radius 2 is 2.05 bits per heavy atom. The van der Waals surface area contributed by atoms with E-state index in [2.05, 4.69) is 15.4 Å². The highest BCUT2D eigenvalue weighted by molar-refractivity contribution is 6.34. The number of anilines is 2. The molecular weight excluding hydrogens is 290 g/mol. The van der Waals surface area contributed by atoms with Gasteiger partial charge in [0.15, 0.2) is 5.65 Å². The fraction of sp³-hybridized carbons (Fsp3) is 0. The second kappa shape index (κ2) is 4.68. The molecule has 0 spiro atoms. The minimum absolute atomic E-state index is 0.272. The van der Waals surface area contributed by atoms with Crippen molar-refractivity contribution in [2.24, 2.45) is 0 Å². The number of halogens is 3. The molecular formula is C12H7Cl2FN4. The van der Waals surface area contributed by atoms with E-state index in [4.69, 9.17) is 23.2 Å². The maximum atomic E-state index is 13.1. The molecule has 2 heterocycles. The van der Waals surface area contributed by atoms with E-state index in [1.165, 1.54) is 22.8 Å². The highest BCUT2D eigenvalue weighted by atomic mass is 35.5. The van der Waals surface area contributed by atoms with Crippen molar-refractivity contribution in [1.82, 2.24) is 14.6 Å². The summed E-state index contributed by atoms with van der Waals surface area (Å²) < 4.78 is 14.6. The number of aromatic nitrogens is 3.